The molecule has 3 aromatic rings. The van der Waals surface area contributed by atoms with Crippen LogP contribution in [0.15, 0.2) is 54.6 Å². The normalized spacial score (nSPS) is 18.0. The summed E-state index contributed by atoms with van der Waals surface area (Å²) in [5, 5.41) is 4.24. The number of carbonyl (C=O) groups is 3. The van der Waals surface area contributed by atoms with E-state index in [0.29, 0.717) is 27.6 Å². The van der Waals surface area contributed by atoms with E-state index in [1.807, 2.05) is 49.4 Å². The van der Waals surface area contributed by atoms with E-state index in [9.17, 15) is 14.4 Å². The van der Waals surface area contributed by atoms with E-state index in [0.717, 1.165) is 17.0 Å². The van der Waals surface area contributed by atoms with Gasteiger partial charge in [0, 0.05) is 5.56 Å². The minimum atomic E-state index is -1.21. The Morgan fingerprint density at radius 2 is 1.78 bits per heavy atom. The SMILES string of the molecule is CCc1ccc(-c2nc(C)c(C(=O)NN3C(=O)NC(CC)(c4ccccc4)C3=O)s2)cc1. The molecule has 0 saturated carbocycles. The van der Waals surface area contributed by atoms with Gasteiger partial charge in [0.05, 0.1) is 5.69 Å². The number of rotatable bonds is 6. The van der Waals surface area contributed by atoms with Crippen LogP contribution in [0.1, 0.15) is 46.8 Å². The number of nitrogens with one attached hydrogen (secondary N) is 2. The second-order valence-corrected chi connectivity index (χ2v) is 8.62. The Morgan fingerprint density at radius 1 is 1.09 bits per heavy atom. The fourth-order valence-electron chi connectivity index (χ4n) is 3.80. The molecule has 0 radical (unpaired) electrons. The highest BCUT2D eigenvalue weighted by atomic mass is 32.1. The molecular formula is C24H24N4O3S. The molecule has 1 aliphatic heterocycles. The summed E-state index contributed by atoms with van der Waals surface area (Å²) in [7, 11) is 0. The van der Waals surface area contributed by atoms with Gasteiger partial charge in [-0.3, -0.25) is 15.0 Å². The first-order valence-electron chi connectivity index (χ1n) is 10.5. The third kappa shape index (κ3) is 3.67. The van der Waals surface area contributed by atoms with Gasteiger partial charge in [-0.15, -0.1) is 11.3 Å². The first-order chi connectivity index (χ1) is 15.4. The molecule has 4 rings (SSSR count). The number of carbonyl (C=O) groups excluding carboxylic acids is 3. The van der Waals surface area contributed by atoms with Crippen LogP contribution in [-0.4, -0.2) is 27.8 Å². The summed E-state index contributed by atoms with van der Waals surface area (Å²) in [6.45, 7) is 5.65. The van der Waals surface area contributed by atoms with Crippen LogP contribution in [-0.2, 0) is 16.8 Å². The number of aryl methyl sites for hydroxylation is 2. The van der Waals surface area contributed by atoms with E-state index in [1.165, 1.54) is 16.9 Å². The van der Waals surface area contributed by atoms with Gasteiger partial charge in [-0.2, -0.15) is 5.01 Å². The third-order valence-corrected chi connectivity index (χ3v) is 6.92. The third-order valence-electron chi connectivity index (χ3n) is 5.71. The van der Waals surface area contributed by atoms with Gasteiger partial charge in [0.15, 0.2) is 0 Å². The van der Waals surface area contributed by atoms with Crippen LogP contribution in [0.25, 0.3) is 10.6 Å². The molecule has 164 valence electrons. The molecule has 1 aromatic heterocycles. The molecule has 0 aliphatic carbocycles. The van der Waals surface area contributed by atoms with Crippen molar-refractivity contribution in [2.45, 2.75) is 39.2 Å². The average molecular weight is 449 g/mol. The Hall–Kier alpha value is -3.52. The van der Waals surface area contributed by atoms with E-state index in [1.54, 1.807) is 19.1 Å². The molecule has 2 N–H and O–H groups in total. The number of aromatic nitrogens is 1. The van der Waals surface area contributed by atoms with Crippen molar-refractivity contribution in [3.8, 4) is 10.6 Å². The van der Waals surface area contributed by atoms with Gasteiger partial charge in [0.25, 0.3) is 11.8 Å². The molecule has 2 aromatic carbocycles. The zero-order chi connectivity index (χ0) is 22.9. The molecule has 32 heavy (non-hydrogen) atoms. The van der Waals surface area contributed by atoms with Gasteiger partial charge >= 0.3 is 6.03 Å². The zero-order valence-electron chi connectivity index (χ0n) is 18.1. The summed E-state index contributed by atoms with van der Waals surface area (Å²) in [4.78, 5) is 43.7. The summed E-state index contributed by atoms with van der Waals surface area (Å²) in [6, 6.07) is 16.4. The van der Waals surface area contributed by atoms with Crippen molar-refractivity contribution in [1.29, 1.82) is 0 Å². The number of amides is 4. The minimum Gasteiger partial charge on any atom is -0.318 e. The van der Waals surface area contributed by atoms with E-state index in [-0.39, 0.29) is 0 Å². The molecule has 2 heterocycles. The zero-order valence-corrected chi connectivity index (χ0v) is 19.0. The Labute approximate surface area is 190 Å². The van der Waals surface area contributed by atoms with E-state index in [4.69, 9.17) is 0 Å². The highest BCUT2D eigenvalue weighted by molar-refractivity contribution is 7.17. The average Bonchev–Trinajstić information content (AvgIpc) is 3.33. The lowest BCUT2D eigenvalue weighted by atomic mass is 9.87. The number of hydrazine groups is 1. The van der Waals surface area contributed by atoms with Crippen LogP contribution in [0.2, 0.25) is 0 Å². The summed E-state index contributed by atoms with van der Waals surface area (Å²) < 4.78 is 0. The van der Waals surface area contributed by atoms with Crippen LogP contribution in [0.3, 0.4) is 0 Å². The maximum atomic E-state index is 13.2. The lowest BCUT2D eigenvalue weighted by Crippen LogP contribution is -2.48. The number of nitrogens with zero attached hydrogens (tertiary/aromatic N) is 2. The van der Waals surface area contributed by atoms with Gasteiger partial charge < -0.3 is 5.32 Å². The van der Waals surface area contributed by atoms with Crippen molar-refractivity contribution >= 4 is 29.2 Å². The Balaban J connectivity index is 1.57. The van der Waals surface area contributed by atoms with Crippen LogP contribution in [0, 0.1) is 6.92 Å². The molecule has 0 bridgehead atoms. The summed E-state index contributed by atoms with van der Waals surface area (Å²) in [5.74, 6) is -1.05. The molecule has 7 nitrogen and oxygen atoms in total. The molecule has 1 atom stereocenters. The molecule has 1 unspecified atom stereocenters. The van der Waals surface area contributed by atoms with Crippen molar-refractivity contribution < 1.29 is 14.4 Å². The van der Waals surface area contributed by atoms with Crippen molar-refractivity contribution in [2.75, 3.05) is 0 Å². The standard InChI is InChI=1S/C24H24N4O3S/c1-4-16-11-13-17(14-12-16)21-25-15(3)19(32-21)20(29)27-28-22(30)24(5-2,26-23(28)31)18-9-7-6-8-10-18/h6-14H,4-5H2,1-3H3,(H,26,31)(H,27,29). The Morgan fingerprint density at radius 3 is 2.41 bits per heavy atom. The number of hydrogen-bond donors (Lipinski definition) is 2. The summed E-state index contributed by atoms with van der Waals surface area (Å²) in [6.07, 6.45) is 1.30. The number of hydrogen-bond acceptors (Lipinski definition) is 5. The van der Waals surface area contributed by atoms with Crippen molar-refractivity contribution in [3.05, 3.63) is 76.3 Å². The predicted octanol–water partition coefficient (Wildman–Crippen LogP) is 4.18. The topological polar surface area (TPSA) is 91.4 Å². The molecular weight excluding hydrogens is 424 g/mol. The molecule has 1 aliphatic rings. The number of thiazole rings is 1. The molecule has 0 spiro atoms. The second-order valence-electron chi connectivity index (χ2n) is 7.62. The first kappa shape index (κ1) is 21.7. The number of benzene rings is 2. The lowest BCUT2D eigenvalue weighted by Gasteiger charge is -2.25. The Kier molecular flexibility index (Phi) is 5.80. The fraction of sp³-hybridized carbons (Fsp3) is 0.250. The van der Waals surface area contributed by atoms with Crippen LogP contribution in [0.5, 0.6) is 0 Å². The van der Waals surface area contributed by atoms with E-state index in [2.05, 4.69) is 22.7 Å². The van der Waals surface area contributed by atoms with E-state index >= 15 is 0 Å². The fourth-order valence-corrected chi connectivity index (χ4v) is 4.77. The van der Waals surface area contributed by atoms with Crippen LogP contribution < -0.4 is 10.7 Å². The molecule has 8 heteroatoms. The number of imide groups is 1. The Bertz CT molecular complexity index is 1170. The van der Waals surface area contributed by atoms with Crippen molar-refractivity contribution in [1.82, 2.24) is 20.7 Å². The molecule has 1 saturated heterocycles. The summed E-state index contributed by atoms with van der Waals surface area (Å²) >= 11 is 1.23. The minimum absolute atomic E-state index is 0.353. The van der Waals surface area contributed by atoms with Crippen LogP contribution in [0.4, 0.5) is 4.79 Å². The van der Waals surface area contributed by atoms with Crippen molar-refractivity contribution in [3.63, 3.8) is 0 Å². The summed E-state index contributed by atoms with van der Waals surface area (Å²) in [5.41, 5.74) is 4.62. The first-order valence-corrected chi connectivity index (χ1v) is 11.3. The highest BCUT2D eigenvalue weighted by Crippen LogP contribution is 2.32. The maximum absolute atomic E-state index is 13.2. The smallest absolute Gasteiger partial charge is 0.318 e. The van der Waals surface area contributed by atoms with Gasteiger partial charge in [-0.1, -0.05) is 68.4 Å². The second kappa shape index (κ2) is 8.55. The predicted molar refractivity (Wildman–Crippen MR) is 123 cm³/mol. The molecule has 1 fully saturated rings. The van der Waals surface area contributed by atoms with Gasteiger partial charge in [-0.05, 0) is 30.9 Å². The molecule has 4 amide bonds. The lowest BCUT2D eigenvalue weighted by molar-refractivity contribution is -0.133. The van der Waals surface area contributed by atoms with Gasteiger partial charge in [0.2, 0.25) is 0 Å². The monoisotopic (exact) mass is 448 g/mol. The number of urea groups is 1. The van der Waals surface area contributed by atoms with Crippen LogP contribution >= 0.6 is 11.3 Å². The largest absolute Gasteiger partial charge is 0.344 e. The van der Waals surface area contributed by atoms with Crippen molar-refractivity contribution in [2.24, 2.45) is 0 Å². The maximum Gasteiger partial charge on any atom is 0.344 e. The highest BCUT2D eigenvalue weighted by Gasteiger charge is 2.52. The van der Waals surface area contributed by atoms with E-state index < -0.39 is 23.4 Å². The van der Waals surface area contributed by atoms with Gasteiger partial charge in [0.1, 0.15) is 15.4 Å². The van der Waals surface area contributed by atoms with Gasteiger partial charge in [-0.25, -0.2) is 9.78 Å². The quantitative estimate of drug-likeness (QED) is 0.554.